The molecule has 7 aromatic carbocycles. The number of anilines is 3. The molecule has 0 aliphatic carbocycles. The molecule has 5 heteroatoms. The van der Waals surface area contributed by atoms with Gasteiger partial charge in [-0.3, -0.25) is 4.90 Å². The maximum Gasteiger partial charge on any atom is 0.235 e. The molecule has 0 unspecified atom stereocenters. The van der Waals surface area contributed by atoms with Gasteiger partial charge in [0.1, 0.15) is 11.2 Å². The van der Waals surface area contributed by atoms with Crippen molar-refractivity contribution < 1.29 is 4.42 Å². The normalized spacial score (nSPS) is 12.2. The first-order valence-electron chi connectivity index (χ1n) is 17.5. The molecule has 0 saturated carbocycles. The van der Waals surface area contributed by atoms with Gasteiger partial charge in [-0.2, -0.15) is 0 Å². The Bertz CT molecular complexity index is 2970. The Morgan fingerprint density at radius 1 is 0.423 bits per heavy atom. The lowest BCUT2D eigenvalue weighted by atomic mass is 9.91. The minimum absolute atomic E-state index is 0.597. The minimum atomic E-state index is 0.597. The Hall–Kier alpha value is -7.11. The number of pyridine rings is 1. The van der Waals surface area contributed by atoms with E-state index in [9.17, 15) is 0 Å². The second-order valence-electron chi connectivity index (χ2n) is 13.2. The van der Waals surface area contributed by atoms with Crippen LogP contribution in [-0.4, -0.2) is 15.0 Å². The van der Waals surface area contributed by atoms with E-state index in [1.807, 2.05) is 48.5 Å². The number of rotatable bonds is 4. The molecule has 5 nitrogen and oxygen atoms in total. The van der Waals surface area contributed by atoms with Crippen molar-refractivity contribution in [2.75, 3.05) is 4.90 Å². The molecule has 0 bridgehead atoms. The topological polar surface area (TPSA) is 55.1 Å². The maximum absolute atomic E-state index is 6.51. The highest BCUT2D eigenvalue weighted by atomic mass is 16.3. The molecular formula is C47H28N4O. The van der Waals surface area contributed by atoms with Crippen LogP contribution < -0.4 is 4.90 Å². The zero-order chi connectivity index (χ0) is 34.2. The molecule has 242 valence electrons. The second kappa shape index (κ2) is 11.2. The fourth-order valence-electron chi connectivity index (χ4n) is 7.83. The van der Waals surface area contributed by atoms with Crippen LogP contribution in [0.1, 0.15) is 0 Å². The molecule has 0 fully saturated rings. The largest absolute Gasteiger partial charge is 0.455 e. The van der Waals surface area contributed by atoms with E-state index in [-0.39, 0.29) is 0 Å². The summed E-state index contributed by atoms with van der Waals surface area (Å²) in [6.45, 7) is 0. The second-order valence-corrected chi connectivity index (χ2v) is 13.2. The van der Waals surface area contributed by atoms with Gasteiger partial charge in [-0.05, 0) is 47.3 Å². The third-order valence-corrected chi connectivity index (χ3v) is 10.2. The van der Waals surface area contributed by atoms with E-state index in [4.69, 9.17) is 19.4 Å². The van der Waals surface area contributed by atoms with Gasteiger partial charge < -0.3 is 4.42 Å². The van der Waals surface area contributed by atoms with Crippen LogP contribution in [0.25, 0.3) is 88.5 Å². The molecule has 0 radical (unpaired) electrons. The molecule has 0 saturated heterocycles. The van der Waals surface area contributed by atoms with E-state index in [1.54, 1.807) is 0 Å². The summed E-state index contributed by atoms with van der Waals surface area (Å²) in [5, 5.41) is 5.53. The Morgan fingerprint density at radius 3 is 1.87 bits per heavy atom. The summed E-state index contributed by atoms with van der Waals surface area (Å²) in [6.07, 6.45) is 0. The predicted molar refractivity (Wildman–Crippen MR) is 212 cm³/mol. The van der Waals surface area contributed by atoms with E-state index in [2.05, 4.69) is 126 Å². The number of furan rings is 1. The van der Waals surface area contributed by atoms with Gasteiger partial charge >= 0.3 is 0 Å². The highest BCUT2D eigenvalue weighted by molar-refractivity contribution is 6.20. The molecular weight excluding hydrogens is 637 g/mol. The lowest BCUT2D eigenvalue weighted by Crippen LogP contribution is -2.19. The minimum Gasteiger partial charge on any atom is -0.455 e. The average Bonchev–Trinajstić information content (AvgIpc) is 3.60. The standard InChI is InChI=1S/C47H28N4O/c1-3-13-29(14-4-1)39-28-40(30-15-5-2-6-16-30)50-47(49-39)51-41-26-25-31(32-19-11-21-36-34-18-8-10-24-43(34)52-46(32)36)27-37(41)45-44-35(20-12-23-42(44)51)33-17-7-9-22-38(33)48-45/h1-28H. The summed E-state index contributed by atoms with van der Waals surface area (Å²) in [4.78, 5) is 18.2. The van der Waals surface area contributed by atoms with E-state index in [0.29, 0.717) is 5.95 Å². The lowest BCUT2D eigenvalue weighted by molar-refractivity contribution is 0.670. The number of nitrogens with zero attached hydrogens (tertiary/aromatic N) is 4. The first-order valence-corrected chi connectivity index (χ1v) is 17.5. The average molecular weight is 665 g/mol. The number of aromatic nitrogens is 3. The smallest absolute Gasteiger partial charge is 0.235 e. The molecule has 11 rings (SSSR count). The molecule has 1 aliphatic heterocycles. The molecule has 4 heterocycles. The third-order valence-electron chi connectivity index (χ3n) is 10.2. The molecule has 0 spiro atoms. The fourth-order valence-corrected chi connectivity index (χ4v) is 7.83. The van der Waals surface area contributed by atoms with Gasteiger partial charge in [-0.15, -0.1) is 0 Å². The van der Waals surface area contributed by atoms with Crippen LogP contribution in [-0.2, 0) is 0 Å². The monoisotopic (exact) mass is 664 g/mol. The van der Waals surface area contributed by atoms with Crippen molar-refractivity contribution in [1.29, 1.82) is 0 Å². The Morgan fingerprint density at radius 2 is 1.08 bits per heavy atom. The molecule has 1 aliphatic rings. The zero-order valence-electron chi connectivity index (χ0n) is 27.9. The van der Waals surface area contributed by atoms with Crippen LogP contribution in [0.3, 0.4) is 0 Å². The summed E-state index contributed by atoms with van der Waals surface area (Å²) >= 11 is 0. The Kier molecular flexibility index (Phi) is 6.18. The van der Waals surface area contributed by atoms with Crippen LogP contribution in [0.4, 0.5) is 17.3 Å². The summed E-state index contributed by atoms with van der Waals surface area (Å²) in [7, 11) is 0. The molecule has 0 atom stereocenters. The van der Waals surface area contributed by atoms with Crippen molar-refractivity contribution >= 4 is 60.9 Å². The third kappa shape index (κ3) is 4.33. The molecule has 0 amide bonds. The number of hydrogen-bond donors (Lipinski definition) is 0. The summed E-state index contributed by atoms with van der Waals surface area (Å²) in [5.41, 5.74) is 12.5. The van der Waals surface area contributed by atoms with E-state index < -0.39 is 0 Å². The SMILES string of the molecule is c1ccc(-c2cc(-c3ccccc3)nc(N3c4ccc(-c5cccc6c5oc5ccccc56)cc4-c4nc5ccccc5c5cccc3c45)n2)cc1. The lowest BCUT2D eigenvalue weighted by Gasteiger charge is -2.32. The van der Waals surface area contributed by atoms with Crippen LogP contribution in [0, 0.1) is 0 Å². The van der Waals surface area contributed by atoms with Gasteiger partial charge in [-0.25, -0.2) is 15.0 Å². The van der Waals surface area contributed by atoms with Crippen molar-refractivity contribution in [3.63, 3.8) is 0 Å². The van der Waals surface area contributed by atoms with Gasteiger partial charge in [0, 0.05) is 43.8 Å². The van der Waals surface area contributed by atoms with E-state index in [0.717, 1.165) is 99.9 Å². The quantitative estimate of drug-likeness (QED) is 0.175. The maximum atomic E-state index is 6.51. The Labute approximate surface area is 299 Å². The molecule has 3 aromatic heterocycles. The predicted octanol–water partition coefficient (Wildman–Crippen LogP) is 12.5. The van der Waals surface area contributed by atoms with Crippen LogP contribution in [0.15, 0.2) is 174 Å². The van der Waals surface area contributed by atoms with Crippen LogP contribution in [0.2, 0.25) is 0 Å². The van der Waals surface area contributed by atoms with Gasteiger partial charge in [0.25, 0.3) is 0 Å². The van der Waals surface area contributed by atoms with Gasteiger partial charge in [0.05, 0.1) is 34.0 Å². The van der Waals surface area contributed by atoms with Crippen LogP contribution >= 0.6 is 0 Å². The number of para-hydroxylation sites is 3. The Balaban J connectivity index is 1.21. The first-order chi connectivity index (χ1) is 25.8. The molecule has 0 N–H and O–H groups in total. The van der Waals surface area contributed by atoms with E-state index >= 15 is 0 Å². The van der Waals surface area contributed by atoms with Gasteiger partial charge in [0.15, 0.2) is 0 Å². The van der Waals surface area contributed by atoms with Crippen molar-refractivity contribution in [2.45, 2.75) is 0 Å². The zero-order valence-corrected chi connectivity index (χ0v) is 27.9. The van der Waals surface area contributed by atoms with Crippen molar-refractivity contribution in [2.24, 2.45) is 0 Å². The van der Waals surface area contributed by atoms with E-state index in [1.165, 1.54) is 0 Å². The molecule has 10 aromatic rings. The fraction of sp³-hybridized carbons (Fsp3) is 0. The van der Waals surface area contributed by atoms with Crippen molar-refractivity contribution in [3.8, 4) is 44.9 Å². The summed E-state index contributed by atoms with van der Waals surface area (Å²) < 4.78 is 6.51. The van der Waals surface area contributed by atoms with Crippen molar-refractivity contribution in [3.05, 3.63) is 170 Å². The first kappa shape index (κ1) is 28.7. The highest BCUT2D eigenvalue weighted by Crippen LogP contribution is 2.52. The van der Waals surface area contributed by atoms with Gasteiger partial charge in [-0.1, -0.05) is 133 Å². The molecule has 52 heavy (non-hydrogen) atoms. The van der Waals surface area contributed by atoms with Crippen molar-refractivity contribution in [1.82, 2.24) is 15.0 Å². The summed E-state index contributed by atoms with van der Waals surface area (Å²) in [6, 6.07) is 58.9. The number of hydrogen-bond acceptors (Lipinski definition) is 5. The van der Waals surface area contributed by atoms with Crippen LogP contribution in [0.5, 0.6) is 0 Å². The highest BCUT2D eigenvalue weighted by Gasteiger charge is 2.31. The summed E-state index contributed by atoms with van der Waals surface area (Å²) in [5.74, 6) is 0.597. The van der Waals surface area contributed by atoms with Gasteiger partial charge in [0.2, 0.25) is 5.95 Å². The number of fused-ring (bicyclic) bond motifs is 7. The number of benzene rings is 7.